The number of rotatable bonds is 5. The van der Waals surface area contributed by atoms with Crippen molar-refractivity contribution in [1.29, 1.82) is 0 Å². The van der Waals surface area contributed by atoms with E-state index in [0.29, 0.717) is 11.5 Å². The summed E-state index contributed by atoms with van der Waals surface area (Å²) in [5, 5.41) is 10.7. The Morgan fingerprint density at radius 2 is 2.22 bits per heavy atom. The molecular weight excluding hydrogens is 332 g/mol. The highest BCUT2D eigenvalue weighted by Crippen LogP contribution is 2.56. The molecule has 1 unspecified atom stereocenters. The van der Waals surface area contributed by atoms with Gasteiger partial charge in [0, 0.05) is 23.7 Å². The Balaban J connectivity index is 0.00000156. The van der Waals surface area contributed by atoms with Crippen LogP contribution < -0.4 is 5.32 Å². The molecule has 1 saturated carbocycles. The lowest BCUT2D eigenvalue weighted by molar-refractivity contribution is 0.170. The van der Waals surface area contributed by atoms with E-state index in [2.05, 4.69) is 25.7 Å². The molecule has 1 saturated heterocycles. The normalized spacial score (nSPS) is 22.3. The largest absolute Gasteiger partial charge is 0.360 e. The zero-order valence-corrected chi connectivity index (χ0v) is 15.0. The number of thiazole rings is 1. The van der Waals surface area contributed by atoms with Gasteiger partial charge in [-0.05, 0) is 44.7 Å². The molecule has 5 nitrogen and oxygen atoms in total. The molecule has 1 spiro atoms. The Hall–Kier alpha value is -0.950. The Labute approximate surface area is 146 Å². The second-order valence-corrected chi connectivity index (χ2v) is 7.58. The van der Waals surface area contributed by atoms with Gasteiger partial charge in [-0.15, -0.1) is 23.7 Å². The average molecular weight is 355 g/mol. The van der Waals surface area contributed by atoms with Crippen LogP contribution in [0.15, 0.2) is 22.2 Å². The zero-order chi connectivity index (χ0) is 15.0. The number of piperidine rings is 1. The third-order valence-electron chi connectivity index (χ3n) is 5.04. The maximum absolute atomic E-state index is 5.45. The number of nitrogens with one attached hydrogen (secondary N) is 1. The van der Waals surface area contributed by atoms with E-state index in [0.717, 1.165) is 37.6 Å². The first-order valence-corrected chi connectivity index (χ1v) is 8.88. The molecular formula is C16H23ClN4OS. The molecule has 1 atom stereocenters. The predicted octanol–water partition coefficient (Wildman–Crippen LogP) is 3.01. The molecule has 0 aromatic carbocycles. The van der Waals surface area contributed by atoms with E-state index in [9.17, 15) is 0 Å². The smallest absolute Gasteiger partial charge is 0.150 e. The molecule has 1 aliphatic heterocycles. The summed E-state index contributed by atoms with van der Waals surface area (Å²) in [7, 11) is 0. The quantitative estimate of drug-likeness (QED) is 0.894. The molecule has 4 rings (SSSR count). The highest BCUT2D eigenvalue weighted by Gasteiger charge is 2.56. The van der Waals surface area contributed by atoms with E-state index in [1.165, 1.54) is 24.3 Å². The van der Waals surface area contributed by atoms with Crippen LogP contribution in [0.1, 0.15) is 35.7 Å². The molecule has 0 radical (unpaired) electrons. The Morgan fingerprint density at radius 3 is 2.87 bits per heavy atom. The lowest BCUT2D eigenvalue weighted by Gasteiger charge is -2.28. The summed E-state index contributed by atoms with van der Waals surface area (Å²) in [6.07, 6.45) is 5.79. The maximum Gasteiger partial charge on any atom is 0.150 e. The summed E-state index contributed by atoms with van der Waals surface area (Å²) < 4.78 is 5.45. The van der Waals surface area contributed by atoms with E-state index in [-0.39, 0.29) is 12.4 Å². The number of aryl methyl sites for hydroxylation is 1. The predicted molar refractivity (Wildman–Crippen MR) is 92.8 cm³/mol. The van der Waals surface area contributed by atoms with Crippen LogP contribution in [0, 0.1) is 12.3 Å². The lowest BCUT2D eigenvalue weighted by atomic mass is 9.93. The summed E-state index contributed by atoms with van der Waals surface area (Å²) in [5.74, 6) is 0.963. The molecule has 2 aromatic heterocycles. The molecule has 126 valence electrons. The topological polar surface area (TPSA) is 54.2 Å². The van der Waals surface area contributed by atoms with Crippen LogP contribution in [0.5, 0.6) is 0 Å². The van der Waals surface area contributed by atoms with E-state index >= 15 is 0 Å². The minimum Gasteiger partial charge on any atom is -0.360 e. The fraction of sp³-hybridized carbons (Fsp3) is 0.625. The third-order valence-corrected chi connectivity index (χ3v) is 5.81. The molecule has 23 heavy (non-hydrogen) atoms. The van der Waals surface area contributed by atoms with Gasteiger partial charge in [0.2, 0.25) is 0 Å². The van der Waals surface area contributed by atoms with Crippen molar-refractivity contribution in [2.75, 3.05) is 13.1 Å². The van der Waals surface area contributed by atoms with Crippen LogP contribution in [-0.2, 0) is 13.1 Å². The van der Waals surface area contributed by atoms with Crippen LogP contribution in [0.2, 0.25) is 0 Å². The molecule has 1 N–H and O–H groups in total. The summed E-state index contributed by atoms with van der Waals surface area (Å²) in [6, 6.07) is 2.70. The molecule has 2 aliphatic rings. The van der Waals surface area contributed by atoms with Gasteiger partial charge in [0.05, 0.1) is 18.8 Å². The lowest BCUT2D eigenvalue weighted by Crippen LogP contribution is -2.35. The van der Waals surface area contributed by atoms with Gasteiger partial charge in [-0.3, -0.25) is 4.90 Å². The molecule has 2 aromatic rings. The van der Waals surface area contributed by atoms with Gasteiger partial charge in [-0.1, -0.05) is 5.16 Å². The first kappa shape index (κ1) is 16.9. The maximum atomic E-state index is 5.45. The fourth-order valence-corrected chi connectivity index (χ4v) is 4.42. The van der Waals surface area contributed by atoms with Gasteiger partial charge in [-0.2, -0.15) is 0 Å². The van der Waals surface area contributed by atoms with Gasteiger partial charge in [0.1, 0.15) is 5.01 Å². The Kier molecular flexibility index (Phi) is 5.06. The monoisotopic (exact) mass is 354 g/mol. The van der Waals surface area contributed by atoms with Crippen LogP contribution in [0.4, 0.5) is 0 Å². The highest BCUT2D eigenvalue weighted by atomic mass is 35.5. The van der Waals surface area contributed by atoms with E-state index in [1.807, 2.05) is 19.2 Å². The van der Waals surface area contributed by atoms with Crippen LogP contribution >= 0.6 is 23.7 Å². The average Bonchev–Trinajstić information content (AvgIpc) is 2.90. The molecule has 0 amide bonds. The third kappa shape index (κ3) is 3.60. The molecule has 2 fully saturated rings. The molecule has 0 bridgehead atoms. The van der Waals surface area contributed by atoms with Crippen molar-refractivity contribution in [3.8, 4) is 0 Å². The van der Waals surface area contributed by atoms with Crippen molar-refractivity contribution >= 4 is 23.7 Å². The van der Waals surface area contributed by atoms with Crippen molar-refractivity contribution in [3.63, 3.8) is 0 Å². The Bertz CT molecular complexity index is 624. The summed E-state index contributed by atoms with van der Waals surface area (Å²) >= 11 is 1.74. The van der Waals surface area contributed by atoms with Crippen LogP contribution in [0.25, 0.3) is 0 Å². The first-order chi connectivity index (χ1) is 10.8. The van der Waals surface area contributed by atoms with Crippen molar-refractivity contribution in [1.82, 2.24) is 20.4 Å². The van der Waals surface area contributed by atoms with Gasteiger partial charge >= 0.3 is 0 Å². The molecule has 3 heterocycles. The minimum absolute atomic E-state index is 0. The first-order valence-electron chi connectivity index (χ1n) is 8.01. The molecule has 1 aliphatic carbocycles. The second kappa shape index (κ2) is 6.89. The van der Waals surface area contributed by atoms with Gasteiger partial charge in [0.15, 0.2) is 5.76 Å². The zero-order valence-electron chi connectivity index (χ0n) is 13.3. The number of hydrogen-bond donors (Lipinski definition) is 1. The summed E-state index contributed by atoms with van der Waals surface area (Å²) in [5.41, 5.74) is 1.48. The summed E-state index contributed by atoms with van der Waals surface area (Å²) in [6.45, 7) is 6.03. The van der Waals surface area contributed by atoms with Crippen molar-refractivity contribution in [3.05, 3.63) is 34.1 Å². The fourth-order valence-electron chi connectivity index (χ4n) is 3.78. The standard InChI is InChI=1S/C16H22N4OS.ClH/c1-12-8-13(21-19-12)10-20(11-15-18-6-7-22-15)14-9-16(14)2-4-17-5-3-16;/h6-8,14,17H,2-5,9-11H2,1H3;1H. The van der Waals surface area contributed by atoms with Crippen LogP contribution in [-0.4, -0.2) is 34.2 Å². The second-order valence-electron chi connectivity index (χ2n) is 6.60. The van der Waals surface area contributed by atoms with Crippen molar-refractivity contribution in [2.24, 2.45) is 5.41 Å². The number of nitrogens with zero attached hydrogens (tertiary/aromatic N) is 3. The minimum atomic E-state index is 0. The van der Waals surface area contributed by atoms with Gasteiger partial charge in [-0.25, -0.2) is 4.98 Å². The van der Waals surface area contributed by atoms with E-state index < -0.39 is 0 Å². The SMILES string of the molecule is Cc1cc(CN(Cc2nccs2)C2CC23CCNCC3)on1.Cl. The number of aromatic nitrogens is 2. The van der Waals surface area contributed by atoms with Crippen LogP contribution in [0.3, 0.4) is 0 Å². The Morgan fingerprint density at radius 1 is 1.39 bits per heavy atom. The molecule has 7 heteroatoms. The van der Waals surface area contributed by atoms with Crippen molar-refractivity contribution in [2.45, 2.75) is 45.3 Å². The van der Waals surface area contributed by atoms with Gasteiger partial charge in [0.25, 0.3) is 0 Å². The van der Waals surface area contributed by atoms with Crippen molar-refractivity contribution < 1.29 is 4.52 Å². The van der Waals surface area contributed by atoms with Gasteiger partial charge < -0.3 is 9.84 Å². The summed E-state index contributed by atoms with van der Waals surface area (Å²) in [4.78, 5) is 7.01. The number of halogens is 1. The number of hydrogen-bond acceptors (Lipinski definition) is 6. The van der Waals surface area contributed by atoms with E-state index in [4.69, 9.17) is 4.52 Å². The highest BCUT2D eigenvalue weighted by molar-refractivity contribution is 7.09. The van der Waals surface area contributed by atoms with E-state index in [1.54, 1.807) is 11.3 Å².